The highest BCUT2D eigenvalue weighted by atomic mass is 16.4. The van der Waals surface area contributed by atoms with Crippen molar-refractivity contribution in [2.45, 2.75) is 25.7 Å². The Morgan fingerprint density at radius 3 is 2.27 bits per heavy atom. The highest BCUT2D eigenvalue weighted by Gasteiger charge is 2.26. The van der Waals surface area contributed by atoms with Crippen LogP contribution < -0.4 is 0 Å². The Morgan fingerprint density at radius 1 is 1.07 bits per heavy atom. The summed E-state index contributed by atoms with van der Waals surface area (Å²) in [5.74, 6) is -2.16. The number of pyridine rings is 1. The number of fused-ring (bicyclic) bond motifs is 1. The van der Waals surface area contributed by atoms with E-state index in [1.165, 1.54) is 16.7 Å². The largest absolute Gasteiger partial charge is 0.478 e. The number of carboxylic acid groups (broad SMARTS) is 2. The van der Waals surface area contributed by atoms with Crippen molar-refractivity contribution in [3.8, 4) is 0 Å². The van der Waals surface area contributed by atoms with Crippen LogP contribution in [0.4, 0.5) is 0 Å². The van der Waals surface area contributed by atoms with Crippen molar-refractivity contribution < 1.29 is 19.8 Å². The van der Waals surface area contributed by atoms with E-state index in [1.54, 1.807) is 5.57 Å². The monoisotopic (exact) mass is 408 g/mol. The van der Waals surface area contributed by atoms with Crippen LogP contribution in [0, 0.1) is 0 Å². The van der Waals surface area contributed by atoms with Gasteiger partial charge in [-0.1, -0.05) is 42.8 Å². The molecule has 1 aliphatic rings. The molecule has 3 rings (SSSR count). The van der Waals surface area contributed by atoms with Gasteiger partial charge in [0.15, 0.2) is 0 Å². The molecule has 1 aromatic carbocycles. The number of aliphatic carboxylic acids is 2. The molecule has 6 nitrogen and oxygen atoms in total. The summed E-state index contributed by atoms with van der Waals surface area (Å²) in [5.41, 5.74) is 7.13. The molecule has 0 bridgehead atoms. The zero-order valence-corrected chi connectivity index (χ0v) is 17.6. The Balaban J connectivity index is 0.000000343. The number of carboxylic acids is 2. The summed E-state index contributed by atoms with van der Waals surface area (Å²) in [4.78, 5) is 26.0. The number of benzene rings is 1. The number of allylic oxidation sites excluding steroid dienone is 1. The molecule has 158 valence electrons. The summed E-state index contributed by atoms with van der Waals surface area (Å²) < 4.78 is 0. The van der Waals surface area contributed by atoms with Gasteiger partial charge in [0.1, 0.15) is 0 Å². The minimum absolute atomic E-state index is 0.349. The summed E-state index contributed by atoms with van der Waals surface area (Å²) in [7, 11) is 4.29. The lowest BCUT2D eigenvalue weighted by atomic mass is 9.89. The second-order valence-electron chi connectivity index (χ2n) is 7.39. The normalized spacial score (nSPS) is 13.7. The molecule has 0 radical (unpaired) electrons. The van der Waals surface area contributed by atoms with Gasteiger partial charge >= 0.3 is 11.9 Å². The molecule has 0 aliphatic heterocycles. The second kappa shape index (κ2) is 11.1. The number of hydrogen-bond donors (Lipinski definition) is 2. The Bertz CT molecular complexity index is 917. The zero-order valence-electron chi connectivity index (χ0n) is 17.6. The maximum atomic E-state index is 9.55. The molecule has 1 unspecified atom stereocenters. The number of carbonyl (C=O) groups is 2. The lowest BCUT2D eigenvalue weighted by molar-refractivity contribution is -0.134. The minimum Gasteiger partial charge on any atom is -0.478 e. The van der Waals surface area contributed by atoms with Gasteiger partial charge in [-0.2, -0.15) is 0 Å². The average Bonchev–Trinajstić information content (AvgIpc) is 3.09. The molecule has 2 aromatic rings. The third-order valence-electron chi connectivity index (χ3n) is 4.89. The van der Waals surface area contributed by atoms with Crippen molar-refractivity contribution in [3.63, 3.8) is 0 Å². The summed E-state index contributed by atoms with van der Waals surface area (Å²) in [6.45, 7) is 3.39. The van der Waals surface area contributed by atoms with E-state index in [0.717, 1.165) is 25.1 Å². The first-order chi connectivity index (χ1) is 14.3. The molecule has 2 N–H and O–H groups in total. The highest BCUT2D eigenvalue weighted by molar-refractivity contribution is 5.89. The van der Waals surface area contributed by atoms with Gasteiger partial charge in [0.05, 0.1) is 0 Å². The molecule has 0 saturated heterocycles. The first kappa shape index (κ1) is 23.0. The van der Waals surface area contributed by atoms with Crippen LogP contribution in [0.2, 0.25) is 0 Å². The van der Waals surface area contributed by atoms with Gasteiger partial charge in [-0.15, -0.1) is 0 Å². The van der Waals surface area contributed by atoms with Gasteiger partial charge in [-0.05, 0) is 55.8 Å². The maximum absolute atomic E-state index is 9.55. The van der Waals surface area contributed by atoms with Crippen LogP contribution in [-0.2, 0) is 16.0 Å². The van der Waals surface area contributed by atoms with E-state index in [0.29, 0.717) is 18.1 Å². The van der Waals surface area contributed by atoms with E-state index < -0.39 is 11.9 Å². The molecule has 0 amide bonds. The van der Waals surface area contributed by atoms with Crippen molar-refractivity contribution in [1.82, 2.24) is 9.88 Å². The fraction of sp³-hybridized carbons (Fsp3) is 0.292. The standard InChI is InChI=1S/C20H24N2.C4H4O4/c1-15(19-10-6-7-12-21-19)20-17(11-13-22(2)3)14-16-8-4-5-9-18(16)20;5-3(6)1-2-4(7)8/h4-10,12,15H,11,13-14H2,1-3H3;1-2H,(H,5,6)(H,7,8)/b;2-1-. The van der Waals surface area contributed by atoms with Crippen molar-refractivity contribution in [1.29, 1.82) is 0 Å². The molecule has 1 atom stereocenters. The van der Waals surface area contributed by atoms with E-state index in [4.69, 9.17) is 10.2 Å². The minimum atomic E-state index is -1.26. The van der Waals surface area contributed by atoms with Crippen LogP contribution in [0.3, 0.4) is 0 Å². The van der Waals surface area contributed by atoms with Crippen molar-refractivity contribution in [3.05, 3.63) is 83.2 Å². The number of hydrogen-bond acceptors (Lipinski definition) is 4. The molecule has 6 heteroatoms. The van der Waals surface area contributed by atoms with E-state index in [-0.39, 0.29) is 0 Å². The van der Waals surface area contributed by atoms with Crippen LogP contribution in [0.15, 0.2) is 66.4 Å². The van der Waals surface area contributed by atoms with Crippen molar-refractivity contribution >= 4 is 17.5 Å². The van der Waals surface area contributed by atoms with Crippen LogP contribution in [0.5, 0.6) is 0 Å². The molecule has 0 fully saturated rings. The summed E-state index contributed by atoms with van der Waals surface area (Å²) >= 11 is 0. The van der Waals surface area contributed by atoms with Crippen LogP contribution in [-0.4, -0.2) is 52.7 Å². The molecule has 0 spiro atoms. The van der Waals surface area contributed by atoms with Gasteiger partial charge in [0.2, 0.25) is 0 Å². The highest BCUT2D eigenvalue weighted by Crippen LogP contribution is 2.42. The Hall–Kier alpha value is -3.25. The van der Waals surface area contributed by atoms with Crippen LogP contribution in [0.25, 0.3) is 5.57 Å². The van der Waals surface area contributed by atoms with Crippen molar-refractivity contribution in [2.75, 3.05) is 20.6 Å². The molecular formula is C24H28N2O4. The van der Waals surface area contributed by atoms with E-state index in [2.05, 4.69) is 67.3 Å². The van der Waals surface area contributed by atoms with E-state index in [9.17, 15) is 9.59 Å². The number of rotatable bonds is 7. The quantitative estimate of drug-likeness (QED) is 0.676. The molecular weight excluding hydrogens is 380 g/mol. The van der Waals surface area contributed by atoms with Gasteiger partial charge < -0.3 is 15.1 Å². The van der Waals surface area contributed by atoms with Crippen LogP contribution >= 0.6 is 0 Å². The van der Waals surface area contributed by atoms with Crippen LogP contribution in [0.1, 0.15) is 36.1 Å². The number of aromatic nitrogens is 1. The summed E-state index contributed by atoms with van der Waals surface area (Å²) in [6, 6.07) is 15.0. The van der Waals surface area contributed by atoms with Gasteiger partial charge in [0, 0.05) is 36.5 Å². The second-order valence-corrected chi connectivity index (χ2v) is 7.39. The molecule has 1 aliphatic carbocycles. The van der Waals surface area contributed by atoms with E-state index >= 15 is 0 Å². The third kappa shape index (κ3) is 6.67. The molecule has 1 aromatic heterocycles. The van der Waals surface area contributed by atoms with Crippen molar-refractivity contribution in [2.24, 2.45) is 0 Å². The summed E-state index contributed by atoms with van der Waals surface area (Å²) in [5, 5.41) is 15.6. The molecule has 30 heavy (non-hydrogen) atoms. The van der Waals surface area contributed by atoms with Gasteiger partial charge in [-0.3, -0.25) is 4.98 Å². The Labute approximate surface area is 177 Å². The predicted molar refractivity (Wildman–Crippen MR) is 117 cm³/mol. The summed E-state index contributed by atoms with van der Waals surface area (Å²) in [6.07, 6.45) is 5.24. The first-order valence-electron chi connectivity index (χ1n) is 9.79. The van der Waals surface area contributed by atoms with E-state index in [1.807, 2.05) is 12.3 Å². The predicted octanol–water partition coefficient (Wildman–Crippen LogP) is 3.86. The Kier molecular flexibility index (Phi) is 8.50. The maximum Gasteiger partial charge on any atom is 0.328 e. The molecule has 1 heterocycles. The lowest BCUT2D eigenvalue weighted by Crippen LogP contribution is -2.14. The topological polar surface area (TPSA) is 90.7 Å². The fourth-order valence-corrected chi connectivity index (χ4v) is 3.50. The average molecular weight is 408 g/mol. The third-order valence-corrected chi connectivity index (χ3v) is 4.89. The number of nitrogens with zero attached hydrogens (tertiary/aromatic N) is 2. The zero-order chi connectivity index (χ0) is 22.1. The smallest absolute Gasteiger partial charge is 0.328 e. The first-order valence-corrected chi connectivity index (χ1v) is 9.79. The van der Waals surface area contributed by atoms with Gasteiger partial charge in [-0.25, -0.2) is 9.59 Å². The SMILES string of the molecule is CC(C1=C(CCN(C)C)Cc2ccccc21)c1ccccn1.O=C(O)/C=C\C(=O)O. The molecule has 0 saturated carbocycles. The van der Waals surface area contributed by atoms with Gasteiger partial charge in [0.25, 0.3) is 0 Å². The fourth-order valence-electron chi connectivity index (χ4n) is 3.50. The lowest BCUT2D eigenvalue weighted by Gasteiger charge is -2.18. The Morgan fingerprint density at radius 2 is 1.70 bits per heavy atom.